The Kier molecular flexibility index (Phi) is 9.77. The summed E-state index contributed by atoms with van der Waals surface area (Å²) in [7, 11) is 0. The third kappa shape index (κ3) is 9.13. The molecule has 1 heterocycles. The lowest BCUT2D eigenvalue weighted by Crippen LogP contribution is -2.53. The molecule has 2 rings (SSSR count). The van der Waals surface area contributed by atoms with Crippen molar-refractivity contribution in [3.63, 3.8) is 0 Å². The van der Waals surface area contributed by atoms with Gasteiger partial charge in [-0.05, 0) is 52.0 Å². The highest BCUT2D eigenvalue weighted by Crippen LogP contribution is 2.16. The zero-order valence-corrected chi connectivity index (χ0v) is 19.1. The van der Waals surface area contributed by atoms with Crippen LogP contribution in [0.1, 0.15) is 52.0 Å². The molecule has 1 aliphatic heterocycles. The molecule has 3 N–H and O–H groups in total. The summed E-state index contributed by atoms with van der Waals surface area (Å²) in [5.41, 5.74) is 0.291. The predicted octanol–water partition coefficient (Wildman–Crippen LogP) is 2.57. The summed E-state index contributed by atoms with van der Waals surface area (Å²) in [6.07, 6.45) is 0.803. The Morgan fingerprint density at radius 2 is 1.81 bits per heavy atom. The molecule has 0 bridgehead atoms. The van der Waals surface area contributed by atoms with Crippen LogP contribution in [0, 0.1) is 0 Å². The van der Waals surface area contributed by atoms with Crippen LogP contribution >= 0.6 is 0 Å². The highest BCUT2D eigenvalue weighted by Gasteiger charge is 2.29. The first-order valence-corrected chi connectivity index (χ1v) is 11.0. The van der Waals surface area contributed by atoms with Gasteiger partial charge in [-0.1, -0.05) is 30.3 Å². The lowest BCUT2D eigenvalue weighted by molar-refractivity contribution is -0.124. The van der Waals surface area contributed by atoms with E-state index in [0.29, 0.717) is 38.8 Å². The number of carbonyl (C=O) groups is 3. The first-order valence-electron chi connectivity index (χ1n) is 11.0. The molecule has 1 atom stereocenters. The van der Waals surface area contributed by atoms with Gasteiger partial charge in [0.05, 0.1) is 0 Å². The summed E-state index contributed by atoms with van der Waals surface area (Å²) in [6, 6.07) is 8.33. The molecule has 178 valence electrons. The Balaban J connectivity index is 1.81. The molecule has 0 aromatic heterocycles. The summed E-state index contributed by atoms with van der Waals surface area (Å²) >= 11 is 0. The van der Waals surface area contributed by atoms with E-state index in [1.165, 1.54) is 0 Å². The lowest BCUT2D eigenvalue weighted by Gasteiger charge is -2.34. The van der Waals surface area contributed by atoms with Gasteiger partial charge >= 0.3 is 12.2 Å². The van der Waals surface area contributed by atoms with Crippen LogP contribution in [0.25, 0.3) is 0 Å². The van der Waals surface area contributed by atoms with Crippen LogP contribution in [-0.2, 0) is 20.9 Å². The van der Waals surface area contributed by atoms with Crippen LogP contribution in [0.5, 0.6) is 0 Å². The minimum atomic E-state index is -0.811. The zero-order valence-electron chi connectivity index (χ0n) is 19.1. The van der Waals surface area contributed by atoms with Crippen LogP contribution in [-0.4, -0.2) is 65.5 Å². The number of piperidine rings is 1. The Morgan fingerprint density at radius 3 is 2.41 bits per heavy atom. The minimum Gasteiger partial charge on any atom is -0.445 e. The summed E-state index contributed by atoms with van der Waals surface area (Å²) < 4.78 is 10.6. The maximum absolute atomic E-state index is 12.8. The van der Waals surface area contributed by atoms with E-state index in [-0.39, 0.29) is 31.3 Å². The van der Waals surface area contributed by atoms with Gasteiger partial charge in [0.15, 0.2) is 0 Å². The molecular formula is C23H35N3O6. The monoisotopic (exact) mass is 449 g/mol. The van der Waals surface area contributed by atoms with E-state index < -0.39 is 17.7 Å². The van der Waals surface area contributed by atoms with Gasteiger partial charge in [0, 0.05) is 25.7 Å². The number of hydrogen-bond donors (Lipinski definition) is 3. The molecule has 1 fully saturated rings. The smallest absolute Gasteiger partial charge is 0.410 e. The van der Waals surface area contributed by atoms with Crippen LogP contribution in [0.2, 0.25) is 0 Å². The van der Waals surface area contributed by atoms with Crippen molar-refractivity contribution in [2.75, 3.05) is 19.7 Å². The number of nitrogens with one attached hydrogen (secondary N) is 2. The van der Waals surface area contributed by atoms with Gasteiger partial charge in [-0.25, -0.2) is 9.59 Å². The third-order valence-corrected chi connectivity index (χ3v) is 4.97. The van der Waals surface area contributed by atoms with E-state index in [1.807, 2.05) is 51.1 Å². The van der Waals surface area contributed by atoms with Crippen molar-refractivity contribution in [2.45, 2.75) is 70.7 Å². The molecule has 0 saturated carbocycles. The Labute approximate surface area is 189 Å². The second-order valence-electron chi connectivity index (χ2n) is 8.87. The summed E-state index contributed by atoms with van der Waals surface area (Å²) in [5.74, 6) is -0.328. The average molecular weight is 450 g/mol. The number of aliphatic hydroxyl groups is 1. The van der Waals surface area contributed by atoms with Gasteiger partial charge in [-0.2, -0.15) is 0 Å². The van der Waals surface area contributed by atoms with Gasteiger partial charge < -0.3 is 30.1 Å². The molecule has 0 unspecified atom stereocenters. The summed E-state index contributed by atoms with van der Waals surface area (Å²) in [5, 5.41) is 14.7. The molecule has 9 nitrogen and oxygen atoms in total. The molecule has 1 aliphatic rings. The first-order chi connectivity index (χ1) is 15.2. The largest absolute Gasteiger partial charge is 0.445 e. The zero-order chi connectivity index (χ0) is 23.6. The summed E-state index contributed by atoms with van der Waals surface area (Å²) in [4.78, 5) is 38.8. The quantitative estimate of drug-likeness (QED) is 0.562. The predicted molar refractivity (Wildman–Crippen MR) is 119 cm³/mol. The van der Waals surface area contributed by atoms with Gasteiger partial charge in [0.25, 0.3) is 0 Å². The van der Waals surface area contributed by atoms with Gasteiger partial charge in [-0.15, -0.1) is 0 Å². The highest BCUT2D eigenvalue weighted by molar-refractivity contribution is 5.85. The number of likely N-dealkylation sites (tertiary alicyclic amines) is 1. The van der Waals surface area contributed by atoms with Crippen LogP contribution in [0.3, 0.4) is 0 Å². The molecule has 9 heteroatoms. The second kappa shape index (κ2) is 12.3. The number of aliphatic hydroxyl groups excluding tert-OH is 1. The maximum Gasteiger partial charge on any atom is 0.410 e. The van der Waals surface area contributed by atoms with E-state index in [2.05, 4.69) is 10.6 Å². The Bertz CT molecular complexity index is 742. The number of carbonyl (C=O) groups excluding carboxylic acids is 3. The van der Waals surface area contributed by atoms with E-state index in [4.69, 9.17) is 14.6 Å². The lowest BCUT2D eigenvalue weighted by atomic mass is 10.0. The summed E-state index contributed by atoms with van der Waals surface area (Å²) in [6.45, 7) is 6.44. The SMILES string of the molecule is CC(C)(C)OC(=O)N1CCC(NC(=O)[C@H](CCCO)NC(=O)OCc2ccccc2)CC1. The van der Waals surface area contributed by atoms with E-state index in [9.17, 15) is 14.4 Å². The average Bonchev–Trinajstić information content (AvgIpc) is 2.75. The molecule has 0 aliphatic carbocycles. The third-order valence-electron chi connectivity index (χ3n) is 4.97. The highest BCUT2D eigenvalue weighted by atomic mass is 16.6. The second-order valence-corrected chi connectivity index (χ2v) is 8.87. The molecule has 1 aromatic rings. The molecule has 0 radical (unpaired) electrons. The topological polar surface area (TPSA) is 117 Å². The van der Waals surface area contributed by atoms with Crippen molar-refractivity contribution in [1.82, 2.24) is 15.5 Å². The van der Waals surface area contributed by atoms with Gasteiger partial charge in [-0.3, -0.25) is 4.79 Å². The normalized spacial score (nSPS) is 15.6. The van der Waals surface area contributed by atoms with E-state index in [0.717, 1.165) is 5.56 Å². The van der Waals surface area contributed by atoms with Crippen molar-refractivity contribution in [3.8, 4) is 0 Å². The van der Waals surface area contributed by atoms with Gasteiger partial charge in [0.1, 0.15) is 18.2 Å². The fourth-order valence-electron chi connectivity index (χ4n) is 3.31. The van der Waals surface area contributed by atoms with Crippen LogP contribution < -0.4 is 10.6 Å². The van der Waals surface area contributed by atoms with Crippen molar-refractivity contribution >= 4 is 18.1 Å². The Morgan fingerprint density at radius 1 is 1.16 bits per heavy atom. The van der Waals surface area contributed by atoms with Crippen molar-refractivity contribution in [3.05, 3.63) is 35.9 Å². The first kappa shape index (κ1) is 25.5. The number of amides is 3. The van der Waals surface area contributed by atoms with Gasteiger partial charge in [0.2, 0.25) is 5.91 Å². The number of rotatable bonds is 8. The van der Waals surface area contributed by atoms with E-state index in [1.54, 1.807) is 4.90 Å². The van der Waals surface area contributed by atoms with Crippen molar-refractivity contribution in [2.24, 2.45) is 0 Å². The van der Waals surface area contributed by atoms with Crippen LogP contribution in [0.15, 0.2) is 30.3 Å². The standard InChI is InChI=1S/C23H35N3O6/c1-23(2,3)32-22(30)26-13-11-18(12-14-26)24-20(28)19(10-7-15-27)25-21(29)31-16-17-8-5-4-6-9-17/h4-6,8-9,18-19,27H,7,10-16H2,1-3H3,(H,24,28)(H,25,29)/t19-/m0/s1. The van der Waals surface area contributed by atoms with Crippen LogP contribution in [0.4, 0.5) is 9.59 Å². The number of hydrogen-bond acceptors (Lipinski definition) is 6. The van der Waals surface area contributed by atoms with Crippen molar-refractivity contribution < 1.29 is 29.0 Å². The molecular weight excluding hydrogens is 414 g/mol. The fourth-order valence-corrected chi connectivity index (χ4v) is 3.31. The molecule has 1 aromatic carbocycles. The maximum atomic E-state index is 12.8. The molecule has 1 saturated heterocycles. The number of nitrogens with zero attached hydrogens (tertiary/aromatic N) is 1. The molecule has 3 amide bonds. The molecule has 0 spiro atoms. The fraction of sp³-hybridized carbons (Fsp3) is 0.609. The molecule has 32 heavy (non-hydrogen) atoms. The number of ether oxygens (including phenoxy) is 2. The van der Waals surface area contributed by atoms with Crippen molar-refractivity contribution in [1.29, 1.82) is 0 Å². The minimum absolute atomic E-state index is 0.0845. The number of alkyl carbamates (subject to hydrolysis) is 1. The van der Waals surface area contributed by atoms with E-state index >= 15 is 0 Å². The Hall–Kier alpha value is -2.81. The number of benzene rings is 1.